The van der Waals surface area contributed by atoms with Gasteiger partial charge < -0.3 is 38.0 Å². The average Bonchev–Trinajstić information content (AvgIpc) is 3.04. The van der Waals surface area contributed by atoms with Crippen LogP contribution in [-0.4, -0.2) is 66.6 Å². The fourth-order valence-corrected chi connectivity index (χ4v) is 4.13. The minimum Gasteiger partial charge on any atom is -0.758 e. The molecule has 0 aliphatic carbocycles. The molecule has 0 radical (unpaired) electrons. The van der Waals surface area contributed by atoms with E-state index in [1.54, 1.807) is 6.92 Å². The molecule has 8 atom stereocenters. The van der Waals surface area contributed by atoms with E-state index in [2.05, 4.69) is 0 Å². The Morgan fingerprint density at radius 1 is 1.17 bits per heavy atom. The van der Waals surface area contributed by atoms with Gasteiger partial charge in [0.05, 0.1) is 37.1 Å². The zero-order valence-electron chi connectivity index (χ0n) is 18.2. The fraction of sp³-hybridized carbons (Fsp3) is 0.944. The number of rotatable bonds is 10. The molecule has 2 rings (SSSR count). The SMILES string of the molecule is CC(C)OC[C@H]1O[C@@H](C)[C@@H](O)C1OP(=O)([O-])O[CH-][C@H]1O[C@@H](C)CC1OC(C)C.[W].[W]. The Bertz CT molecular complexity index is 540. The predicted molar refractivity (Wildman–Crippen MR) is 98.3 cm³/mol. The molecule has 0 aromatic rings. The Hall–Kier alpha value is 1.29. The van der Waals surface area contributed by atoms with Crippen molar-refractivity contribution in [3.63, 3.8) is 0 Å². The first kappa shape index (κ1) is 31.3. The zero-order valence-corrected chi connectivity index (χ0v) is 24.9. The number of hydrogen-bond acceptors (Lipinski definition) is 9. The summed E-state index contributed by atoms with van der Waals surface area (Å²) in [6.07, 6.45) is -4.02. The van der Waals surface area contributed by atoms with Crippen molar-refractivity contribution >= 4 is 7.82 Å². The van der Waals surface area contributed by atoms with Crippen LogP contribution in [0.2, 0.25) is 0 Å². The summed E-state index contributed by atoms with van der Waals surface area (Å²) in [5.41, 5.74) is 0. The van der Waals surface area contributed by atoms with Gasteiger partial charge in [0.25, 0.3) is 0 Å². The Balaban J connectivity index is 0.00000420. The standard InChI is InChI=1S/C18H34O9P.2W/c1-10(2)22-8-16-18(17(19)13(6)26-16)27-28(20,21)23-9-15-14(24-11(3)4)7-12(5)25-15;;/h9-19H,7-8H2,1-6H3,(H,20,21);;/q-1;;/p-1/t12-,13-,14?,15+,16+,17+,18?;;/m0../s1. The van der Waals surface area contributed by atoms with E-state index >= 15 is 0 Å². The summed E-state index contributed by atoms with van der Waals surface area (Å²) in [5.74, 6) is 0. The monoisotopic (exact) mass is 792 g/mol. The van der Waals surface area contributed by atoms with Crippen LogP contribution in [0.5, 0.6) is 0 Å². The van der Waals surface area contributed by atoms with Crippen LogP contribution in [-0.2, 0) is 74.7 Å². The summed E-state index contributed by atoms with van der Waals surface area (Å²) in [7, 11) is -4.76. The molecule has 178 valence electrons. The summed E-state index contributed by atoms with van der Waals surface area (Å²) in [6.45, 7) is 12.2. The van der Waals surface area contributed by atoms with Gasteiger partial charge in [-0.05, 0) is 54.1 Å². The zero-order chi connectivity index (χ0) is 21.1. The maximum Gasteiger partial charge on any atom is 0.237 e. The summed E-state index contributed by atoms with van der Waals surface area (Å²) in [5, 5.41) is 10.2. The first-order valence-corrected chi connectivity index (χ1v) is 11.2. The van der Waals surface area contributed by atoms with Gasteiger partial charge in [-0.25, -0.2) is 0 Å². The van der Waals surface area contributed by atoms with Gasteiger partial charge in [-0.3, -0.25) is 4.57 Å². The first-order chi connectivity index (χ1) is 13.0. The number of ether oxygens (including phenoxy) is 4. The van der Waals surface area contributed by atoms with Crippen LogP contribution in [0.15, 0.2) is 0 Å². The van der Waals surface area contributed by atoms with Crippen LogP contribution >= 0.6 is 7.82 Å². The Kier molecular flexibility index (Phi) is 14.5. The van der Waals surface area contributed by atoms with Gasteiger partial charge >= 0.3 is 0 Å². The third-order valence-electron chi connectivity index (χ3n) is 4.51. The Labute approximate surface area is 208 Å². The van der Waals surface area contributed by atoms with Crippen LogP contribution in [0, 0.1) is 6.61 Å². The quantitative estimate of drug-likeness (QED) is 0.260. The van der Waals surface area contributed by atoms with Crippen LogP contribution in [0.4, 0.5) is 0 Å². The van der Waals surface area contributed by atoms with Gasteiger partial charge in [0.15, 0.2) is 0 Å². The van der Waals surface area contributed by atoms with Crippen LogP contribution in [0.3, 0.4) is 0 Å². The molecular weight excluding hydrogens is 759 g/mol. The van der Waals surface area contributed by atoms with Crippen LogP contribution < -0.4 is 4.89 Å². The van der Waals surface area contributed by atoms with E-state index in [1.807, 2.05) is 34.6 Å². The molecule has 2 saturated heterocycles. The van der Waals surface area contributed by atoms with Crippen molar-refractivity contribution in [1.29, 1.82) is 0 Å². The molecule has 0 aromatic heterocycles. The Morgan fingerprint density at radius 3 is 2.37 bits per heavy atom. The van der Waals surface area contributed by atoms with Gasteiger partial charge in [0.2, 0.25) is 7.82 Å². The van der Waals surface area contributed by atoms with E-state index < -0.39 is 38.3 Å². The molecule has 2 heterocycles. The third kappa shape index (κ3) is 9.65. The molecule has 1 N–H and O–H groups in total. The minimum atomic E-state index is -4.76. The van der Waals surface area contributed by atoms with E-state index in [0.717, 1.165) is 6.61 Å². The van der Waals surface area contributed by atoms with Gasteiger partial charge in [0.1, 0.15) is 18.3 Å². The number of hydrogen-bond donors (Lipinski definition) is 1. The smallest absolute Gasteiger partial charge is 0.237 e. The van der Waals surface area contributed by atoms with E-state index in [-0.39, 0.29) is 73.2 Å². The molecule has 9 nitrogen and oxygen atoms in total. The maximum atomic E-state index is 12.3. The predicted octanol–water partition coefficient (Wildman–Crippen LogP) is 1.56. The maximum absolute atomic E-state index is 12.3. The van der Waals surface area contributed by atoms with E-state index in [4.69, 9.17) is 28.0 Å². The molecule has 0 bridgehead atoms. The van der Waals surface area contributed by atoms with Gasteiger partial charge in [0, 0.05) is 42.1 Å². The largest absolute Gasteiger partial charge is 0.758 e. The minimum absolute atomic E-state index is 0. The molecular formula is C18H33O9PW2-2. The molecule has 2 fully saturated rings. The van der Waals surface area contributed by atoms with E-state index in [9.17, 15) is 14.6 Å². The second-order valence-corrected chi connectivity index (χ2v) is 9.20. The van der Waals surface area contributed by atoms with Gasteiger partial charge in [-0.2, -0.15) is 6.61 Å². The van der Waals surface area contributed by atoms with Crippen LogP contribution in [0.1, 0.15) is 48.0 Å². The van der Waals surface area contributed by atoms with Crippen molar-refractivity contribution in [2.45, 2.75) is 103 Å². The van der Waals surface area contributed by atoms with Crippen molar-refractivity contribution in [2.24, 2.45) is 0 Å². The molecule has 0 amide bonds. The van der Waals surface area contributed by atoms with Crippen molar-refractivity contribution in [2.75, 3.05) is 6.61 Å². The van der Waals surface area contributed by atoms with Crippen molar-refractivity contribution < 1.29 is 84.7 Å². The normalized spacial score (nSPS) is 35.9. The molecule has 30 heavy (non-hydrogen) atoms. The van der Waals surface area contributed by atoms with Gasteiger partial charge in [-0.15, -0.1) is 0 Å². The fourth-order valence-electron chi connectivity index (χ4n) is 3.26. The second-order valence-electron chi connectivity index (χ2n) is 7.88. The number of phosphoric acid groups is 1. The Morgan fingerprint density at radius 2 is 1.80 bits per heavy atom. The summed E-state index contributed by atoms with van der Waals surface area (Å²) >= 11 is 0. The summed E-state index contributed by atoms with van der Waals surface area (Å²) in [4.78, 5) is 12.3. The number of aliphatic hydroxyl groups is 1. The van der Waals surface area contributed by atoms with Crippen molar-refractivity contribution in [3.8, 4) is 0 Å². The average molecular weight is 792 g/mol. The molecule has 0 spiro atoms. The molecule has 0 aromatic carbocycles. The van der Waals surface area contributed by atoms with Crippen molar-refractivity contribution in [3.05, 3.63) is 6.61 Å². The van der Waals surface area contributed by atoms with Crippen molar-refractivity contribution in [1.82, 2.24) is 0 Å². The van der Waals surface area contributed by atoms with Crippen LogP contribution in [0.25, 0.3) is 0 Å². The van der Waals surface area contributed by atoms with E-state index in [1.165, 1.54) is 0 Å². The third-order valence-corrected chi connectivity index (χ3v) is 5.39. The summed E-state index contributed by atoms with van der Waals surface area (Å²) < 4.78 is 44.8. The molecule has 2 aliphatic rings. The molecule has 3 unspecified atom stereocenters. The molecule has 0 saturated carbocycles. The first-order valence-electron chi connectivity index (χ1n) is 9.75. The molecule has 12 heteroatoms. The summed E-state index contributed by atoms with van der Waals surface area (Å²) in [6, 6.07) is 0. The molecule has 2 aliphatic heterocycles. The number of aliphatic hydroxyl groups excluding tert-OH is 1. The number of phosphoric ester groups is 1. The second kappa shape index (κ2) is 13.9. The topological polar surface area (TPSA) is 116 Å². The van der Waals surface area contributed by atoms with Gasteiger partial charge in [-0.1, -0.05) is 0 Å². The van der Waals surface area contributed by atoms with E-state index in [0.29, 0.717) is 6.42 Å².